The summed E-state index contributed by atoms with van der Waals surface area (Å²) in [6.07, 6.45) is 1.18. The lowest BCUT2D eigenvalue weighted by Crippen LogP contribution is -2.22. The van der Waals surface area contributed by atoms with E-state index < -0.39 is 0 Å². The van der Waals surface area contributed by atoms with Gasteiger partial charge in [0.15, 0.2) is 0 Å². The van der Waals surface area contributed by atoms with E-state index >= 15 is 0 Å². The van der Waals surface area contributed by atoms with E-state index in [0.717, 1.165) is 5.75 Å². The Bertz CT molecular complexity index is 563. The quantitative estimate of drug-likeness (QED) is 0.701. The zero-order valence-electron chi connectivity index (χ0n) is 12.7. The average molecular weight is 256 g/mol. The normalized spacial score (nSPS) is 13.5. The fourth-order valence-electron chi connectivity index (χ4n) is 2.20. The third-order valence-corrected chi connectivity index (χ3v) is 3.44. The van der Waals surface area contributed by atoms with Crippen LogP contribution in [-0.4, -0.2) is 5.60 Å². The molecule has 1 atom stereocenters. The third kappa shape index (κ3) is 3.50. The number of hydrogen-bond donors (Lipinski definition) is 0. The van der Waals surface area contributed by atoms with Crippen LogP contribution < -0.4 is 4.74 Å². The molecule has 0 bridgehead atoms. The Kier molecular flexibility index (Phi) is 3.84. The van der Waals surface area contributed by atoms with Crippen LogP contribution in [0.1, 0.15) is 52.5 Å². The lowest BCUT2D eigenvalue weighted by Gasteiger charge is -2.21. The molecule has 1 nitrogen and oxygen atoms in total. The Morgan fingerprint density at radius 1 is 1.00 bits per heavy atom. The van der Waals surface area contributed by atoms with Crippen molar-refractivity contribution in [3.8, 4) is 5.75 Å². The van der Waals surface area contributed by atoms with Crippen LogP contribution >= 0.6 is 0 Å². The van der Waals surface area contributed by atoms with Crippen LogP contribution in [0.3, 0.4) is 0 Å². The molecule has 0 aliphatic heterocycles. The number of rotatable bonds is 3. The summed E-state index contributed by atoms with van der Waals surface area (Å²) in [6, 6.07) is 13.1. The van der Waals surface area contributed by atoms with Crippen LogP contribution in [0, 0.1) is 0 Å². The molecule has 102 valence electrons. The van der Waals surface area contributed by atoms with Gasteiger partial charge in [0.1, 0.15) is 11.4 Å². The summed E-state index contributed by atoms with van der Waals surface area (Å²) >= 11 is 0. The largest absolute Gasteiger partial charge is 0.488 e. The lowest BCUT2D eigenvalue weighted by atomic mass is 9.96. The highest BCUT2D eigenvalue weighted by atomic mass is 16.5. The topological polar surface area (TPSA) is 9.23 Å². The molecule has 2 rings (SSSR count). The maximum absolute atomic E-state index is 5.91. The molecule has 2 aromatic rings. The van der Waals surface area contributed by atoms with Crippen LogP contribution in [0.2, 0.25) is 0 Å². The molecule has 19 heavy (non-hydrogen) atoms. The molecule has 0 aliphatic carbocycles. The van der Waals surface area contributed by atoms with Crippen molar-refractivity contribution in [3.63, 3.8) is 0 Å². The molecule has 0 radical (unpaired) electrons. The Morgan fingerprint density at radius 2 is 1.63 bits per heavy atom. The van der Waals surface area contributed by atoms with Gasteiger partial charge in [-0.1, -0.05) is 38.1 Å². The van der Waals surface area contributed by atoms with E-state index in [2.05, 4.69) is 71.0 Å². The molecule has 0 aliphatic rings. The minimum Gasteiger partial charge on any atom is -0.488 e. The van der Waals surface area contributed by atoms with Crippen molar-refractivity contribution in [2.75, 3.05) is 0 Å². The SMILES string of the molecule is CCC(C)c1ccc2cc(OC(C)(C)C)ccc2c1. The molecule has 0 aromatic heterocycles. The van der Waals surface area contributed by atoms with Crippen molar-refractivity contribution in [1.82, 2.24) is 0 Å². The molecule has 0 saturated carbocycles. The van der Waals surface area contributed by atoms with Gasteiger partial charge in [0, 0.05) is 0 Å². The molecule has 0 amide bonds. The van der Waals surface area contributed by atoms with Gasteiger partial charge >= 0.3 is 0 Å². The van der Waals surface area contributed by atoms with Crippen LogP contribution in [-0.2, 0) is 0 Å². The molecule has 1 unspecified atom stereocenters. The summed E-state index contributed by atoms with van der Waals surface area (Å²) in [5.41, 5.74) is 1.27. The van der Waals surface area contributed by atoms with Gasteiger partial charge in [-0.05, 0) is 61.6 Å². The Labute approximate surface area is 116 Å². The lowest BCUT2D eigenvalue weighted by molar-refractivity contribution is 0.131. The number of benzene rings is 2. The minimum absolute atomic E-state index is 0.148. The van der Waals surface area contributed by atoms with E-state index in [1.807, 2.05) is 0 Å². The Balaban J connectivity index is 2.35. The van der Waals surface area contributed by atoms with Gasteiger partial charge in [-0.2, -0.15) is 0 Å². The molecule has 0 saturated heterocycles. The van der Waals surface area contributed by atoms with Gasteiger partial charge in [0.2, 0.25) is 0 Å². The van der Waals surface area contributed by atoms with Gasteiger partial charge in [-0.25, -0.2) is 0 Å². The first kappa shape index (κ1) is 13.9. The monoisotopic (exact) mass is 256 g/mol. The van der Waals surface area contributed by atoms with E-state index in [0.29, 0.717) is 5.92 Å². The molecule has 0 N–H and O–H groups in total. The molecule has 2 aromatic carbocycles. The van der Waals surface area contributed by atoms with Crippen LogP contribution in [0.4, 0.5) is 0 Å². The van der Waals surface area contributed by atoms with Gasteiger partial charge in [-0.15, -0.1) is 0 Å². The van der Waals surface area contributed by atoms with Crippen molar-refractivity contribution in [3.05, 3.63) is 42.0 Å². The Morgan fingerprint density at radius 3 is 2.26 bits per heavy atom. The van der Waals surface area contributed by atoms with Crippen molar-refractivity contribution >= 4 is 10.8 Å². The fourth-order valence-corrected chi connectivity index (χ4v) is 2.20. The average Bonchev–Trinajstić information content (AvgIpc) is 2.35. The second-order valence-corrected chi connectivity index (χ2v) is 6.29. The first-order chi connectivity index (χ1) is 8.89. The highest BCUT2D eigenvalue weighted by molar-refractivity contribution is 5.84. The van der Waals surface area contributed by atoms with E-state index in [1.165, 1.54) is 22.8 Å². The van der Waals surface area contributed by atoms with Crippen molar-refractivity contribution in [2.24, 2.45) is 0 Å². The van der Waals surface area contributed by atoms with Crippen LogP contribution in [0.5, 0.6) is 5.75 Å². The van der Waals surface area contributed by atoms with Crippen molar-refractivity contribution in [1.29, 1.82) is 0 Å². The summed E-state index contributed by atoms with van der Waals surface area (Å²) in [6.45, 7) is 10.7. The van der Waals surface area contributed by atoms with E-state index in [-0.39, 0.29) is 5.60 Å². The number of ether oxygens (including phenoxy) is 1. The van der Waals surface area contributed by atoms with Crippen LogP contribution in [0.15, 0.2) is 36.4 Å². The Hall–Kier alpha value is -1.50. The van der Waals surface area contributed by atoms with Gasteiger partial charge < -0.3 is 4.74 Å². The zero-order chi connectivity index (χ0) is 14.0. The van der Waals surface area contributed by atoms with Gasteiger partial charge in [-0.3, -0.25) is 0 Å². The fraction of sp³-hybridized carbons (Fsp3) is 0.444. The maximum atomic E-state index is 5.91. The predicted molar refractivity (Wildman–Crippen MR) is 83.0 cm³/mol. The first-order valence-electron chi connectivity index (χ1n) is 7.12. The van der Waals surface area contributed by atoms with Crippen molar-refractivity contribution in [2.45, 2.75) is 52.6 Å². The summed E-state index contributed by atoms with van der Waals surface area (Å²) < 4.78 is 5.91. The van der Waals surface area contributed by atoms with E-state index in [9.17, 15) is 0 Å². The van der Waals surface area contributed by atoms with Crippen LogP contribution in [0.25, 0.3) is 10.8 Å². The highest BCUT2D eigenvalue weighted by Gasteiger charge is 2.12. The standard InChI is InChI=1S/C18H24O/c1-6-13(2)14-7-8-16-12-17(19-18(3,4)5)10-9-15(16)11-14/h7-13H,6H2,1-5H3. The second kappa shape index (κ2) is 5.24. The minimum atomic E-state index is -0.148. The van der Waals surface area contributed by atoms with Gasteiger partial charge in [0.25, 0.3) is 0 Å². The molecular weight excluding hydrogens is 232 g/mol. The third-order valence-electron chi connectivity index (χ3n) is 3.44. The maximum Gasteiger partial charge on any atom is 0.120 e. The van der Waals surface area contributed by atoms with Crippen molar-refractivity contribution < 1.29 is 4.74 Å². The molecule has 1 heteroatoms. The van der Waals surface area contributed by atoms with E-state index in [4.69, 9.17) is 4.74 Å². The first-order valence-corrected chi connectivity index (χ1v) is 7.12. The predicted octanol–water partition coefficient (Wildman–Crippen LogP) is 5.53. The number of hydrogen-bond acceptors (Lipinski definition) is 1. The smallest absolute Gasteiger partial charge is 0.120 e. The second-order valence-electron chi connectivity index (χ2n) is 6.29. The summed E-state index contributed by atoms with van der Waals surface area (Å²) in [7, 11) is 0. The molecule has 0 fully saturated rings. The highest BCUT2D eigenvalue weighted by Crippen LogP contribution is 2.27. The molecular formula is C18H24O. The summed E-state index contributed by atoms with van der Waals surface area (Å²) in [5, 5.41) is 2.54. The summed E-state index contributed by atoms with van der Waals surface area (Å²) in [4.78, 5) is 0. The summed E-state index contributed by atoms with van der Waals surface area (Å²) in [5.74, 6) is 1.56. The zero-order valence-corrected chi connectivity index (χ0v) is 12.7. The molecule has 0 heterocycles. The van der Waals surface area contributed by atoms with E-state index in [1.54, 1.807) is 0 Å². The number of fused-ring (bicyclic) bond motifs is 1. The van der Waals surface area contributed by atoms with Gasteiger partial charge in [0.05, 0.1) is 0 Å². The molecule has 0 spiro atoms.